The first-order chi connectivity index (χ1) is 7.22. The van der Waals surface area contributed by atoms with Crippen LogP contribution in [-0.2, 0) is 4.74 Å². The molecule has 0 aliphatic rings. The third kappa shape index (κ3) is 4.71. The predicted molar refractivity (Wildman–Crippen MR) is 65.1 cm³/mol. The first kappa shape index (κ1) is 11.9. The number of aromatic nitrogens is 1. The molecule has 1 heterocycles. The standard InChI is InChI=1S/C10H15N3OS/c1-8-3-4-11-9(7-8)13-10(15)12-5-6-14-2/h3-4,7H,5-6H2,1-2H3,(H2,11,12,13,15). The number of nitrogens with zero attached hydrogens (tertiary/aromatic N) is 1. The summed E-state index contributed by atoms with van der Waals surface area (Å²) in [6, 6.07) is 3.87. The topological polar surface area (TPSA) is 46.2 Å². The zero-order valence-electron chi connectivity index (χ0n) is 8.91. The van der Waals surface area contributed by atoms with E-state index in [0.717, 1.165) is 11.4 Å². The van der Waals surface area contributed by atoms with Gasteiger partial charge in [0.05, 0.1) is 6.61 Å². The van der Waals surface area contributed by atoms with Crippen molar-refractivity contribution < 1.29 is 4.74 Å². The molecule has 1 aromatic rings. The van der Waals surface area contributed by atoms with Gasteiger partial charge in [-0.15, -0.1) is 0 Å². The van der Waals surface area contributed by atoms with Crippen molar-refractivity contribution in [2.24, 2.45) is 0 Å². The average molecular weight is 225 g/mol. The van der Waals surface area contributed by atoms with E-state index in [4.69, 9.17) is 17.0 Å². The van der Waals surface area contributed by atoms with Crippen LogP contribution in [0.15, 0.2) is 18.3 Å². The molecule has 0 amide bonds. The molecule has 5 heteroatoms. The molecule has 15 heavy (non-hydrogen) atoms. The van der Waals surface area contributed by atoms with Gasteiger partial charge in [0.1, 0.15) is 5.82 Å². The Kier molecular flexibility index (Phi) is 5.00. The first-order valence-electron chi connectivity index (χ1n) is 4.69. The summed E-state index contributed by atoms with van der Waals surface area (Å²) in [5.41, 5.74) is 1.15. The highest BCUT2D eigenvalue weighted by Gasteiger charge is 1.97. The summed E-state index contributed by atoms with van der Waals surface area (Å²) in [7, 11) is 1.65. The minimum atomic E-state index is 0.560. The van der Waals surface area contributed by atoms with Crippen LogP contribution in [0, 0.1) is 6.92 Å². The summed E-state index contributed by atoms with van der Waals surface area (Å²) < 4.78 is 4.90. The molecular formula is C10H15N3OS. The molecule has 0 spiro atoms. The van der Waals surface area contributed by atoms with Crippen molar-refractivity contribution in [3.05, 3.63) is 23.9 Å². The highest BCUT2D eigenvalue weighted by Crippen LogP contribution is 2.04. The number of thiocarbonyl (C=S) groups is 1. The smallest absolute Gasteiger partial charge is 0.172 e. The van der Waals surface area contributed by atoms with Gasteiger partial charge in [0.2, 0.25) is 0 Å². The lowest BCUT2D eigenvalue weighted by molar-refractivity contribution is 0.204. The van der Waals surface area contributed by atoms with Gasteiger partial charge in [0.15, 0.2) is 5.11 Å². The summed E-state index contributed by atoms with van der Waals surface area (Å²) in [6.07, 6.45) is 1.75. The van der Waals surface area contributed by atoms with Gasteiger partial charge in [-0.1, -0.05) is 0 Å². The Hall–Kier alpha value is -1.20. The zero-order chi connectivity index (χ0) is 11.1. The van der Waals surface area contributed by atoms with E-state index in [0.29, 0.717) is 18.3 Å². The molecule has 0 saturated heterocycles. The maximum absolute atomic E-state index is 5.07. The van der Waals surface area contributed by atoms with Crippen LogP contribution in [0.5, 0.6) is 0 Å². The Labute approximate surface area is 95.0 Å². The van der Waals surface area contributed by atoms with Crippen LogP contribution in [0.25, 0.3) is 0 Å². The van der Waals surface area contributed by atoms with Crippen LogP contribution in [0.3, 0.4) is 0 Å². The minimum absolute atomic E-state index is 0.560. The largest absolute Gasteiger partial charge is 0.383 e. The normalized spacial score (nSPS) is 9.73. The molecular weight excluding hydrogens is 210 g/mol. The number of anilines is 1. The minimum Gasteiger partial charge on any atom is -0.383 e. The molecule has 0 aromatic carbocycles. The third-order valence-electron chi connectivity index (χ3n) is 1.75. The summed E-state index contributed by atoms with van der Waals surface area (Å²) in [4.78, 5) is 4.14. The Morgan fingerprint density at radius 1 is 1.60 bits per heavy atom. The number of ether oxygens (including phenoxy) is 1. The molecule has 1 aromatic heterocycles. The fourth-order valence-electron chi connectivity index (χ4n) is 1.03. The van der Waals surface area contributed by atoms with Gasteiger partial charge in [0.25, 0.3) is 0 Å². The van der Waals surface area contributed by atoms with Crippen LogP contribution in [0.2, 0.25) is 0 Å². The second-order valence-electron chi connectivity index (χ2n) is 3.09. The van der Waals surface area contributed by atoms with E-state index in [9.17, 15) is 0 Å². The molecule has 0 saturated carbocycles. The number of hydrogen-bond acceptors (Lipinski definition) is 3. The number of hydrogen-bond donors (Lipinski definition) is 2. The third-order valence-corrected chi connectivity index (χ3v) is 2.00. The maximum atomic E-state index is 5.07. The van der Waals surface area contributed by atoms with Crippen molar-refractivity contribution in [2.45, 2.75) is 6.92 Å². The van der Waals surface area contributed by atoms with Crippen LogP contribution in [-0.4, -0.2) is 30.4 Å². The van der Waals surface area contributed by atoms with Crippen molar-refractivity contribution in [3.63, 3.8) is 0 Å². The van der Waals surface area contributed by atoms with Crippen molar-refractivity contribution in [2.75, 3.05) is 25.6 Å². The first-order valence-corrected chi connectivity index (χ1v) is 5.09. The predicted octanol–water partition coefficient (Wildman–Crippen LogP) is 1.32. The SMILES string of the molecule is COCCNC(=S)Nc1cc(C)ccn1. The summed E-state index contributed by atoms with van der Waals surface area (Å²) in [5.74, 6) is 0.755. The Balaban J connectivity index is 2.37. The summed E-state index contributed by atoms with van der Waals surface area (Å²) >= 11 is 5.07. The average Bonchev–Trinajstić information content (AvgIpc) is 2.18. The highest BCUT2D eigenvalue weighted by atomic mass is 32.1. The van der Waals surface area contributed by atoms with Crippen molar-refractivity contribution in [1.29, 1.82) is 0 Å². The van der Waals surface area contributed by atoms with E-state index in [-0.39, 0.29) is 0 Å². The molecule has 0 aliphatic heterocycles. The van der Waals surface area contributed by atoms with E-state index in [1.165, 1.54) is 0 Å². The second-order valence-corrected chi connectivity index (χ2v) is 3.50. The van der Waals surface area contributed by atoms with Crippen LogP contribution in [0.4, 0.5) is 5.82 Å². The van der Waals surface area contributed by atoms with Gasteiger partial charge in [-0.2, -0.15) is 0 Å². The molecule has 0 radical (unpaired) electrons. The summed E-state index contributed by atoms with van der Waals surface area (Å²) in [5, 5.41) is 6.56. The molecule has 0 atom stereocenters. The number of rotatable bonds is 4. The molecule has 0 fully saturated rings. The molecule has 2 N–H and O–H groups in total. The lowest BCUT2D eigenvalue weighted by Crippen LogP contribution is -2.31. The monoisotopic (exact) mass is 225 g/mol. The Morgan fingerprint density at radius 3 is 3.07 bits per heavy atom. The van der Waals surface area contributed by atoms with Gasteiger partial charge >= 0.3 is 0 Å². The zero-order valence-corrected chi connectivity index (χ0v) is 9.73. The molecule has 0 unspecified atom stereocenters. The molecule has 0 bridgehead atoms. The van der Waals surface area contributed by atoms with E-state index in [1.807, 2.05) is 19.1 Å². The molecule has 4 nitrogen and oxygen atoms in total. The number of aryl methyl sites for hydroxylation is 1. The van der Waals surface area contributed by atoms with E-state index in [1.54, 1.807) is 13.3 Å². The van der Waals surface area contributed by atoms with Gasteiger partial charge < -0.3 is 15.4 Å². The van der Waals surface area contributed by atoms with Gasteiger partial charge in [-0.25, -0.2) is 4.98 Å². The second kappa shape index (κ2) is 6.31. The lowest BCUT2D eigenvalue weighted by Gasteiger charge is -2.09. The van der Waals surface area contributed by atoms with Crippen molar-refractivity contribution in [1.82, 2.24) is 10.3 Å². The number of methoxy groups -OCH3 is 1. The molecule has 82 valence electrons. The number of nitrogens with one attached hydrogen (secondary N) is 2. The van der Waals surface area contributed by atoms with Crippen molar-refractivity contribution in [3.8, 4) is 0 Å². The quantitative estimate of drug-likeness (QED) is 0.598. The summed E-state index contributed by atoms with van der Waals surface area (Å²) in [6.45, 7) is 3.32. The molecule has 1 rings (SSSR count). The van der Waals surface area contributed by atoms with Crippen LogP contribution in [0.1, 0.15) is 5.56 Å². The van der Waals surface area contributed by atoms with Crippen LogP contribution >= 0.6 is 12.2 Å². The fourth-order valence-corrected chi connectivity index (χ4v) is 1.24. The maximum Gasteiger partial charge on any atom is 0.172 e. The van der Waals surface area contributed by atoms with Gasteiger partial charge in [0, 0.05) is 19.9 Å². The highest BCUT2D eigenvalue weighted by molar-refractivity contribution is 7.80. The Morgan fingerprint density at radius 2 is 2.40 bits per heavy atom. The van der Waals surface area contributed by atoms with E-state index in [2.05, 4.69) is 15.6 Å². The van der Waals surface area contributed by atoms with Gasteiger partial charge in [-0.05, 0) is 36.8 Å². The van der Waals surface area contributed by atoms with E-state index < -0.39 is 0 Å². The van der Waals surface area contributed by atoms with Gasteiger partial charge in [-0.3, -0.25) is 0 Å². The fraction of sp³-hybridized carbons (Fsp3) is 0.400. The lowest BCUT2D eigenvalue weighted by atomic mass is 10.3. The van der Waals surface area contributed by atoms with Crippen LogP contribution < -0.4 is 10.6 Å². The van der Waals surface area contributed by atoms with E-state index >= 15 is 0 Å². The van der Waals surface area contributed by atoms with Crippen molar-refractivity contribution >= 4 is 23.1 Å². The molecule has 0 aliphatic carbocycles. The Bertz CT molecular complexity index is 330. The number of pyridine rings is 1.